The van der Waals surface area contributed by atoms with E-state index in [4.69, 9.17) is 48.5 Å². The summed E-state index contributed by atoms with van der Waals surface area (Å²) in [5.41, 5.74) is 4.65. The van der Waals surface area contributed by atoms with E-state index >= 15 is 0 Å². The Bertz CT molecular complexity index is 5120. The first-order valence-electron chi connectivity index (χ1n) is 33.2. The number of aromatic nitrogens is 5. The number of benzene rings is 5. The van der Waals surface area contributed by atoms with Crippen LogP contribution in [-0.2, 0) is 113 Å². The number of hydrogen-bond acceptors (Lipinski definition) is 13. The lowest BCUT2D eigenvalue weighted by Crippen LogP contribution is -2.22. The number of aryl methyl sites for hydroxylation is 5. The Morgan fingerprint density at radius 2 is 0.745 bits per heavy atom. The van der Waals surface area contributed by atoms with Crippen molar-refractivity contribution in [3.8, 4) is 28.7 Å². The van der Waals surface area contributed by atoms with Crippen molar-refractivity contribution >= 4 is 84.4 Å². The van der Waals surface area contributed by atoms with Gasteiger partial charge in [0.2, 0.25) is 0 Å². The maximum atomic E-state index is 13.6. The molecule has 34 heteroatoms. The van der Waals surface area contributed by atoms with E-state index in [-0.39, 0.29) is 52.5 Å². The van der Waals surface area contributed by atoms with Crippen molar-refractivity contribution in [2.24, 2.45) is 35.2 Å². The Hall–Kier alpha value is -10.8. The topological polar surface area (TPSA) is 239 Å². The number of halogens is 13. The number of carboxylic acid groups (broad SMARTS) is 3. The van der Waals surface area contributed by atoms with E-state index in [1.807, 2.05) is 25.9 Å². The van der Waals surface area contributed by atoms with Crippen LogP contribution in [0.15, 0.2) is 60.7 Å². The van der Waals surface area contributed by atoms with Crippen LogP contribution in [-0.4, -0.2) is 143 Å². The van der Waals surface area contributed by atoms with Crippen molar-refractivity contribution in [2.75, 3.05) is 70.4 Å². The monoisotopic (exact) mass is 1570 g/mol. The number of hydrogen-bond donors (Lipinski definition) is 3. The average Bonchev–Trinajstić information content (AvgIpc) is 1.61. The standard InChI is InChI=1S/C19H25F3N2O3.C16H18F3NO3.2C14H14F3NO3.C13H14FNO3/c1-11-17(12(18(25)27-6)7-8-23(2)3)13-9-16(26-5)14(19(20,21)22)10-15(13)24(11)4;1-8(15(21)23-5)14-9(2)20(3)12-7-11(16(17,18)19)13(22-4)6-10(12)14;1-7-8(5-13(19)20)9-4-12(21-3)10(14(15,16)17)6-11(9)18(7)2;1-7-8(6-11(19)20)12-9(18(7)2)4-5-10(21-3)13(12)14(15,16)17;1-7-8(5-13(16)17)9-4-12(18-3)10(14)6-11(9)15(7)2/h9-10,12H,7-8H2,1-6H3;6-8H,1-5H3;4,6H,5H2,1-3H3,(H,19,20);4-5H,6H2,1-3H3,(H,19,20);4,6H,5H2,1-3H3,(H,16,17). The van der Waals surface area contributed by atoms with Crippen molar-refractivity contribution in [3.63, 3.8) is 0 Å². The first-order chi connectivity index (χ1) is 50.9. The summed E-state index contributed by atoms with van der Waals surface area (Å²) in [6, 6.07) is 12.7. The fraction of sp³-hybridized carbons (Fsp3) is 0.408. The maximum Gasteiger partial charge on any atom is 0.420 e. The fourth-order valence-electron chi connectivity index (χ4n) is 13.3. The zero-order valence-corrected chi connectivity index (χ0v) is 63.8. The molecule has 0 bridgehead atoms. The van der Waals surface area contributed by atoms with E-state index in [1.54, 1.807) is 98.8 Å². The van der Waals surface area contributed by atoms with Gasteiger partial charge in [-0.1, -0.05) is 0 Å². The highest BCUT2D eigenvalue weighted by atomic mass is 19.4. The number of carbonyl (C=O) groups is 5. The zero-order chi connectivity index (χ0) is 83.4. The Kier molecular flexibility index (Phi) is 27.6. The lowest BCUT2D eigenvalue weighted by molar-refractivity contribution is -0.143. The molecule has 5 aromatic carbocycles. The molecule has 0 saturated heterocycles. The van der Waals surface area contributed by atoms with Gasteiger partial charge in [0.1, 0.15) is 28.6 Å². The normalized spacial score (nSPS) is 12.3. The third kappa shape index (κ3) is 18.4. The number of ether oxygens (including phenoxy) is 7. The Morgan fingerprint density at radius 1 is 0.418 bits per heavy atom. The molecule has 0 spiro atoms. The van der Waals surface area contributed by atoms with E-state index in [0.717, 1.165) is 49.2 Å². The smallest absolute Gasteiger partial charge is 0.420 e. The molecule has 110 heavy (non-hydrogen) atoms. The number of rotatable bonds is 18. The third-order valence-electron chi connectivity index (χ3n) is 19.4. The Labute approximate surface area is 622 Å². The minimum Gasteiger partial charge on any atom is -0.496 e. The van der Waals surface area contributed by atoms with Crippen LogP contribution in [0, 0.1) is 40.4 Å². The molecule has 0 aliphatic rings. The summed E-state index contributed by atoms with van der Waals surface area (Å²) in [5, 5.41) is 29.0. The highest BCUT2D eigenvalue weighted by Gasteiger charge is 2.41. The first-order valence-corrected chi connectivity index (χ1v) is 33.2. The molecule has 600 valence electrons. The fourth-order valence-corrected chi connectivity index (χ4v) is 13.3. The van der Waals surface area contributed by atoms with Gasteiger partial charge in [0, 0.05) is 119 Å². The molecule has 0 amide bonds. The lowest BCUT2D eigenvalue weighted by atomic mass is 9.92. The van der Waals surface area contributed by atoms with Crippen molar-refractivity contribution in [1.29, 1.82) is 0 Å². The van der Waals surface area contributed by atoms with E-state index in [9.17, 15) is 81.0 Å². The molecule has 0 aliphatic heterocycles. The highest BCUT2D eigenvalue weighted by Crippen LogP contribution is 2.48. The number of fused-ring (bicyclic) bond motifs is 5. The third-order valence-corrected chi connectivity index (χ3v) is 19.4. The predicted molar refractivity (Wildman–Crippen MR) is 383 cm³/mol. The summed E-state index contributed by atoms with van der Waals surface area (Å²) >= 11 is 0. The predicted octanol–water partition coefficient (Wildman–Crippen LogP) is 16.1. The van der Waals surface area contributed by atoms with Gasteiger partial charge in [0.25, 0.3) is 0 Å². The van der Waals surface area contributed by atoms with Gasteiger partial charge in [0.05, 0.1) is 103 Å². The molecule has 0 fully saturated rings. The van der Waals surface area contributed by atoms with Crippen LogP contribution in [0.25, 0.3) is 54.5 Å². The molecule has 21 nitrogen and oxygen atoms in total. The highest BCUT2D eigenvalue weighted by molar-refractivity contribution is 5.97. The number of alkyl halides is 12. The number of carboxylic acids is 3. The minimum atomic E-state index is -4.63. The second-order valence-corrected chi connectivity index (χ2v) is 25.9. The van der Waals surface area contributed by atoms with E-state index in [2.05, 4.69) is 0 Å². The van der Waals surface area contributed by atoms with Crippen LogP contribution >= 0.6 is 0 Å². The quantitative estimate of drug-likeness (QED) is 0.0535. The molecule has 10 aromatic rings. The molecular formula is C76H85F13N6O15. The largest absolute Gasteiger partial charge is 0.496 e. The Morgan fingerprint density at radius 3 is 1.11 bits per heavy atom. The molecule has 5 heterocycles. The maximum absolute atomic E-state index is 13.6. The average molecular weight is 1570 g/mol. The Balaban J connectivity index is 0.000000216. The van der Waals surface area contributed by atoms with Gasteiger partial charge in [0.15, 0.2) is 11.6 Å². The minimum absolute atomic E-state index is 0.0854. The molecule has 0 aliphatic carbocycles. The van der Waals surface area contributed by atoms with Gasteiger partial charge in [-0.15, -0.1) is 0 Å². The van der Waals surface area contributed by atoms with Gasteiger partial charge >= 0.3 is 54.6 Å². The first kappa shape index (κ1) is 88.1. The summed E-state index contributed by atoms with van der Waals surface area (Å²) in [6.45, 7) is 11.0. The second kappa shape index (κ2) is 34.4. The number of methoxy groups -OCH3 is 7. The van der Waals surface area contributed by atoms with Gasteiger partial charge in [-0.25, -0.2) is 4.39 Å². The summed E-state index contributed by atoms with van der Waals surface area (Å²) in [5.74, 6) is -6.64. The molecule has 5 aromatic heterocycles. The van der Waals surface area contributed by atoms with Crippen LogP contribution in [0.5, 0.6) is 28.7 Å². The number of aliphatic carboxylic acids is 3. The molecule has 0 radical (unpaired) electrons. The summed E-state index contributed by atoms with van der Waals surface area (Å²) in [7, 11) is 20.8. The van der Waals surface area contributed by atoms with E-state index < -0.39 is 101 Å². The number of carbonyl (C=O) groups excluding carboxylic acids is 2. The van der Waals surface area contributed by atoms with E-state index in [0.29, 0.717) is 96.0 Å². The summed E-state index contributed by atoms with van der Waals surface area (Å²) in [6.07, 6.45) is -18.6. The molecule has 10 rings (SSSR count). The molecule has 2 atom stereocenters. The second-order valence-electron chi connectivity index (χ2n) is 25.9. The number of nitrogens with zero attached hydrogens (tertiary/aromatic N) is 6. The van der Waals surface area contributed by atoms with Crippen molar-refractivity contribution in [2.45, 2.75) is 104 Å². The summed E-state index contributed by atoms with van der Waals surface area (Å²) < 4.78 is 215. The van der Waals surface area contributed by atoms with Crippen molar-refractivity contribution < 1.29 is 130 Å². The van der Waals surface area contributed by atoms with Gasteiger partial charge < -0.3 is 76.2 Å². The van der Waals surface area contributed by atoms with Crippen LogP contribution < -0.4 is 23.7 Å². The van der Waals surface area contributed by atoms with Gasteiger partial charge in [-0.3, -0.25) is 24.0 Å². The van der Waals surface area contributed by atoms with Crippen LogP contribution in [0.4, 0.5) is 57.1 Å². The SMILES string of the molecule is COC(=O)C(C)c1c(C)n(C)c2cc(C(F)(F)F)c(OC)cc12.COC(=O)C(CCN(C)C)c1c(C)n(C)c2cc(C(F)(F)F)c(OC)cc12.COc1cc2c(CC(=O)O)c(C)n(C)c2cc1C(F)(F)F.COc1cc2c(CC(=O)O)c(C)n(C)c2cc1F.COc1ccc2c(c(CC(=O)O)c(C)n2C)c1C(F)(F)F. The molecular weight excluding hydrogens is 1480 g/mol. The van der Waals surface area contributed by atoms with Gasteiger partial charge in [-0.2, -0.15) is 52.7 Å². The summed E-state index contributed by atoms with van der Waals surface area (Å²) in [4.78, 5) is 59.0. The lowest BCUT2D eigenvalue weighted by Gasteiger charge is -2.18. The van der Waals surface area contributed by atoms with Gasteiger partial charge in [-0.05, 0) is 151 Å². The molecule has 2 unspecified atom stereocenters. The van der Waals surface area contributed by atoms with Crippen LogP contribution in [0.3, 0.4) is 0 Å². The van der Waals surface area contributed by atoms with Crippen molar-refractivity contribution in [1.82, 2.24) is 27.7 Å². The van der Waals surface area contributed by atoms with Crippen LogP contribution in [0.2, 0.25) is 0 Å². The van der Waals surface area contributed by atoms with Crippen molar-refractivity contribution in [3.05, 3.63) is 145 Å². The zero-order valence-electron chi connectivity index (χ0n) is 63.8. The number of esters is 2. The molecule has 3 N–H and O–H groups in total. The molecule has 0 saturated carbocycles. The van der Waals surface area contributed by atoms with E-state index in [1.165, 1.54) is 71.9 Å². The van der Waals surface area contributed by atoms with Crippen LogP contribution in [0.1, 0.15) is 104 Å².